The third kappa shape index (κ3) is 37.1. The van der Waals surface area contributed by atoms with E-state index in [0.29, 0.717) is 12.8 Å². The highest BCUT2D eigenvalue weighted by molar-refractivity contribution is 5.80. The number of hydrogen-bond acceptors (Lipinski definition) is 10. The Balaban J connectivity index is 2.69. The summed E-state index contributed by atoms with van der Waals surface area (Å²) < 4.78 is 17.6. The highest BCUT2D eigenvalue weighted by atomic mass is 16.7. The Hall–Kier alpha value is -2.38. The molecular weight excluding hydrogens is 895 g/mol. The van der Waals surface area contributed by atoms with Crippen LogP contribution in [-0.4, -0.2) is 99.6 Å². The number of hydrogen-bond donors (Lipinski definition) is 6. The molecule has 8 atom stereocenters. The SMILES string of the molecule is CCCCC/C=C\C/C=C\CCCCCCCCCCCC(=O)OC1C(OCC(NC(=O)C(O)CCCC/C=C\CCCCCCCC)C(O)/C=C/CCCCCCCCCCC)OC(CO)C(O)C1O. The molecule has 11 nitrogen and oxygen atoms in total. The van der Waals surface area contributed by atoms with E-state index in [4.69, 9.17) is 14.2 Å². The second-order valence-corrected chi connectivity index (χ2v) is 20.4. The van der Waals surface area contributed by atoms with Gasteiger partial charge in [0.25, 0.3) is 0 Å². The van der Waals surface area contributed by atoms with Gasteiger partial charge in [0.15, 0.2) is 12.4 Å². The molecule has 1 amide bonds. The van der Waals surface area contributed by atoms with Crippen molar-refractivity contribution in [2.24, 2.45) is 0 Å². The molecule has 0 radical (unpaired) electrons. The molecule has 1 aliphatic heterocycles. The van der Waals surface area contributed by atoms with Crippen LogP contribution in [0.15, 0.2) is 48.6 Å². The molecule has 6 N–H and O–H groups in total. The molecular formula is C60H109NO10. The zero-order valence-corrected chi connectivity index (χ0v) is 45.6. The number of nitrogens with one attached hydrogen (secondary N) is 1. The maximum atomic E-state index is 13.3. The number of ether oxygens (including phenoxy) is 3. The van der Waals surface area contributed by atoms with Crippen molar-refractivity contribution >= 4 is 11.9 Å². The van der Waals surface area contributed by atoms with Crippen LogP contribution in [0.2, 0.25) is 0 Å². The van der Waals surface area contributed by atoms with Crippen LogP contribution in [0.1, 0.15) is 258 Å². The average Bonchev–Trinajstić information content (AvgIpc) is 3.37. The van der Waals surface area contributed by atoms with E-state index in [1.807, 2.05) is 6.08 Å². The number of allylic oxidation sites excluding steroid dienone is 7. The van der Waals surface area contributed by atoms with E-state index in [1.165, 1.54) is 141 Å². The smallest absolute Gasteiger partial charge is 0.306 e. The zero-order valence-electron chi connectivity index (χ0n) is 45.6. The van der Waals surface area contributed by atoms with Gasteiger partial charge in [-0.2, -0.15) is 0 Å². The van der Waals surface area contributed by atoms with Crippen molar-refractivity contribution in [3.05, 3.63) is 48.6 Å². The lowest BCUT2D eigenvalue weighted by molar-refractivity contribution is -0.305. The quantitative estimate of drug-likeness (QED) is 0.0195. The van der Waals surface area contributed by atoms with Crippen molar-refractivity contribution in [2.45, 2.75) is 307 Å². The lowest BCUT2D eigenvalue weighted by Gasteiger charge is -2.41. The highest BCUT2D eigenvalue weighted by Gasteiger charge is 2.47. The van der Waals surface area contributed by atoms with Gasteiger partial charge in [0.05, 0.1) is 25.4 Å². The number of carbonyl (C=O) groups excluding carboxylic acids is 2. The lowest BCUT2D eigenvalue weighted by atomic mass is 9.99. The van der Waals surface area contributed by atoms with Crippen LogP contribution in [0.5, 0.6) is 0 Å². The summed E-state index contributed by atoms with van der Waals surface area (Å²) >= 11 is 0. The second-order valence-electron chi connectivity index (χ2n) is 20.4. The summed E-state index contributed by atoms with van der Waals surface area (Å²) in [5.74, 6) is -1.21. The predicted octanol–water partition coefficient (Wildman–Crippen LogP) is 13.3. The first kappa shape index (κ1) is 66.6. The van der Waals surface area contributed by atoms with E-state index in [2.05, 4.69) is 62.5 Å². The van der Waals surface area contributed by atoms with E-state index in [1.54, 1.807) is 6.08 Å². The van der Waals surface area contributed by atoms with Crippen molar-refractivity contribution in [1.82, 2.24) is 5.32 Å². The largest absolute Gasteiger partial charge is 0.454 e. The molecule has 0 saturated carbocycles. The van der Waals surface area contributed by atoms with E-state index < -0.39 is 67.4 Å². The summed E-state index contributed by atoms with van der Waals surface area (Å²) in [7, 11) is 0. The van der Waals surface area contributed by atoms with Crippen molar-refractivity contribution in [2.75, 3.05) is 13.2 Å². The molecule has 0 spiro atoms. The fourth-order valence-electron chi connectivity index (χ4n) is 8.97. The standard InChI is InChI=1S/C60H109NO10/c1-4-7-10-13-16-19-22-24-25-26-27-28-29-30-33-36-39-42-45-48-55(65)71-58-57(67)56(66)54(49-62)70-60(58)69-50-51(52(63)46-43-40-37-34-31-21-18-15-12-9-6-3)61-59(68)53(64)47-44-41-38-35-32-23-20-17-14-11-8-5-2/h16,19,24-25,32,35,43,46,51-54,56-58,60,62-64,66-67H,4-15,17-18,20-23,26-31,33-34,36-42,44-45,47-50H2,1-3H3,(H,61,68)/b19-16-,25-24-,35-32-,46-43+. The van der Waals surface area contributed by atoms with E-state index in [9.17, 15) is 35.1 Å². The summed E-state index contributed by atoms with van der Waals surface area (Å²) in [5, 5.41) is 56.7. The van der Waals surface area contributed by atoms with Gasteiger partial charge in [0.1, 0.15) is 24.4 Å². The Morgan fingerprint density at radius 1 is 0.549 bits per heavy atom. The minimum Gasteiger partial charge on any atom is -0.454 e. The normalized spacial score (nSPS) is 19.9. The summed E-state index contributed by atoms with van der Waals surface area (Å²) in [5.41, 5.74) is 0. The van der Waals surface area contributed by atoms with Gasteiger partial charge < -0.3 is 45.1 Å². The van der Waals surface area contributed by atoms with E-state index in [0.717, 1.165) is 70.6 Å². The van der Waals surface area contributed by atoms with Gasteiger partial charge in [0, 0.05) is 6.42 Å². The molecule has 0 aromatic heterocycles. The van der Waals surface area contributed by atoms with Gasteiger partial charge in [-0.05, 0) is 83.5 Å². The number of aliphatic hydroxyl groups excluding tert-OH is 5. The van der Waals surface area contributed by atoms with Crippen LogP contribution in [-0.2, 0) is 23.8 Å². The van der Waals surface area contributed by atoms with Gasteiger partial charge in [-0.1, -0.05) is 217 Å². The minimum absolute atomic E-state index is 0.117. The molecule has 8 unspecified atom stereocenters. The molecule has 11 heteroatoms. The minimum atomic E-state index is -1.62. The number of unbranched alkanes of at least 4 members (excludes halogenated alkanes) is 29. The lowest BCUT2D eigenvalue weighted by Crippen LogP contribution is -2.61. The summed E-state index contributed by atoms with van der Waals surface area (Å²) in [6.07, 6.45) is 47.3. The van der Waals surface area contributed by atoms with E-state index >= 15 is 0 Å². The molecule has 1 rings (SSSR count). The first-order chi connectivity index (χ1) is 34.7. The van der Waals surface area contributed by atoms with Gasteiger partial charge in [-0.25, -0.2) is 0 Å². The topological polar surface area (TPSA) is 175 Å². The maximum absolute atomic E-state index is 13.3. The molecule has 0 aromatic rings. The summed E-state index contributed by atoms with van der Waals surface area (Å²) in [4.78, 5) is 26.4. The Morgan fingerprint density at radius 3 is 1.48 bits per heavy atom. The molecule has 1 heterocycles. The number of amides is 1. The van der Waals surface area contributed by atoms with Crippen LogP contribution >= 0.6 is 0 Å². The van der Waals surface area contributed by atoms with Gasteiger partial charge >= 0.3 is 5.97 Å². The second kappa shape index (κ2) is 48.6. The van der Waals surface area contributed by atoms with E-state index in [-0.39, 0.29) is 19.4 Å². The first-order valence-electron chi connectivity index (χ1n) is 29.4. The predicted molar refractivity (Wildman–Crippen MR) is 292 cm³/mol. The van der Waals surface area contributed by atoms with Crippen molar-refractivity contribution in [3.8, 4) is 0 Å². The molecule has 0 aromatic carbocycles. The average molecular weight is 1000 g/mol. The van der Waals surface area contributed by atoms with Gasteiger partial charge in [0.2, 0.25) is 5.91 Å². The summed E-state index contributed by atoms with van der Waals surface area (Å²) in [6, 6.07) is -1.03. The molecule has 0 bridgehead atoms. The molecule has 1 fully saturated rings. The van der Waals surface area contributed by atoms with Crippen LogP contribution in [0.3, 0.4) is 0 Å². The number of aliphatic hydroxyl groups is 5. The molecule has 1 aliphatic rings. The third-order valence-electron chi connectivity index (χ3n) is 13.7. The van der Waals surface area contributed by atoms with Crippen LogP contribution in [0, 0.1) is 0 Å². The maximum Gasteiger partial charge on any atom is 0.306 e. The highest BCUT2D eigenvalue weighted by Crippen LogP contribution is 2.26. The number of carbonyl (C=O) groups is 2. The van der Waals surface area contributed by atoms with Crippen LogP contribution < -0.4 is 5.32 Å². The fraction of sp³-hybridized carbons (Fsp3) is 0.833. The number of rotatable bonds is 49. The van der Waals surface area contributed by atoms with Crippen molar-refractivity contribution in [1.29, 1.82) is 0 Å². The Morgan fingerprint density at radius 2 is 0.972 bits per heavy atom. The summed E-state index contributed by atoms with van der Waals surface area (Å²) in [6.45, 7) is 5.73. The molecule has 71 heavy (non-hydrogen) atoms. The van der Waals surface area contributed by atoms with Crippen LogP contribution in [0.25, 0.3) is 0 Å². The van der Waals surface area contributed by atoms with Crippen molar-refractivity contribution in [3.63, 3.8) is 0 Å². The van der Waals surface area contributed by atoms with Crippen LogP contribution in [0.4, 0.5) is 0 Å². The van der Waals surface area contributed by atoms with Gasteiger partial charge in [-0.15, -0.1) is 0 Å². The molecule has 1 saturated heterocycles. The first-order valence-corrected chi connectivity index (χ1v) is 29.4. The Labute approximate surface area is 434 Å². The Bertz CT molecular complexity index is 1340. The monoisotopic (exact) mass is 1000 g/mol. The number of esters is 1. The fourth-order valence-corrected chi connectivity index (χ4v) is 8.97. The van der Waals surface area contributed by atoms with Gasteiger partial charge in [-0.3, -0.25) is 9.59 Å². The Kier molecular flexibility index (Phi) is 45.6. The molecule has 0 aliphatic carbocycles. The van der Waals surface area contributed by atoms with Crippen molar-refractivity contribution < 1.29 is 49.3 Å². The zero-order chi connectivity index (χ0) is 51.8. The third-order valence-corrected chi connectivity index (χ3v) is 13.7. The molecule has 414 valence electrons.